The first kappa shape index (κ1) is 29.7. The van der Waals surface area contributed by atoms with E-state index in [1.165, 1.54) is 0 Å². The Balaban J connectivity index is 1.49. The van der Waals surface area contributed by atoms with Gasteiger partial charge < -0.3 is 20.5 Å². The molecule has 4 rings (SSSR count). The average molecular weight is 555 g/mol. The van der Waals surface area contributed by atoms with Gasteiger partial charge in [0.15, 0.2) is 0 Å². The van der Waals surface area contributed by atoms with Crippen molar-refractivity contribution in [3.8, 4) is 0 Å². The Labute approximate surface area is 241 Å². The summed E-state index contributed by atoms with van der Waals surface area (Å²) in [5.74, 6) is -1.90. The van der Waals surface area contributed by atoms with Crippen LogP contribution in [0.2, 0.25) is 0 Å². The number of hydrogen-bond acceptors (Lipinski definition) is 5. The lowest BCUT2D eigenvalue weighted by Crippen LogP contribution is -2.42. The topological polar surface area (TPSA) is 105 Å². The van der Waals surface area contributed by atoms with Gasteiger partial charge in [-0.05, 0) is 42.4 Å². The van der Waals surface area contributed by atoms with Crippen LogP contribution in [0, 0.1) is 11.8 Å². The summed E-state index contributed by atoms with van der Waals surface area (Å²) in [7, 11) is 0. The second-order valence-electron chi connectivity index (χ2n) is 10.5. The number of hydrogen-bond donors (Lipinski definition) is 3. The third-order valence-electron chi connectivity index (χ3n) is 7.29. The van der Waals surface area contributed by atoms with Crippen molar-refractivity contribution in [3.05, 3.63) is 120 Å². The van der Waals surface area contributed by atoms with Gasteiger partial charge in [0.05, 0.1) is 30.5 Å². The fourth-order valence-electron chi connectivity index (χ4n) is 5.02. The van der Waals surface area contributed by atoms with Gasteiger partial charge in [0.2, 0.25) is 11.8 Å². The quantitative estimate of drug-likeness (QED) is 0.270. The van der Waals surface area contributed by atoms with Gasteiger partial charge in [-0.2, -0.15) is 0 Å². The van der Waals surface area contributed by atoms with Crippen molar-refractivity contribution in [1.29, 1.82) is 0 Å². The minimum Gasteiger partial charge on any atom is -0.463 e. The molecule has 0 radical (unpaired) electrons. The molecule has 4 atom stereocenters. The van der Waals surface area contributed by atoms with E-state index in [9.17, 15) is 19.5 Å². The Kier molecular flexibility index (Phi) is 11.3. The molecule has 3 aromatic rings. The fraction of sp³-hybridized carbons (Fsp3) is 0.324. The first-order valence-corrected chi connectivity index (χ1v) is 14.2. The third-order valence-corrected chi connectivity index (χ3v) is 7.29. The molecule has 2 amide bonds. The van der Waals surface area contributed by atoms with Gasteiger partial charge in [0.25, 0.3) is 0 Å². The maximum Gasteiger partial charge on any atom is 0.309 e. The largest absolute Gasteiger partial charge is 0.463 e. The summed E-state index contributed by atoms with van der Waals surface area (Å²) in [6.45, 7) is -0.214. The molecule has 0 saturated heterocycles. The van der Waals surface area contributed by atoms with E-state index in [4.69, 9.17) is 4.74 Å². The van der Waals surface area contributed by atoms with Crippen molar-refractivity contribution < 1.29 is 24.2 Å². The van der Waals surface area contributed by atoms with E-state index in [0.29, 0.717) is 25.7 Å². The van der Waals surface area contributed by atoms with Gasteiger partial charge in [-0.15, -0.1) is 0 Å². The van der Waals surface area contributed by atoms with Gasteiger partial charge in [-0.1, -0.05) is 103 Å². The number of aliphatic hydroxyl groups is 1. The van der Waals surface area contributed by atoms with Crippen molar-refractivity contribution in [1.82, 2.24) is 10.6 Å². The third kappa shape index (κ3) is 9.43. The Hall–Kier alpha value is -4.23. The van der Waals surface area contributed by atoms with E-state index in [2.05, 4.69) is 10.6 Å². The molecule has 3 aromatic carbocycles. The molecular weight excluding hydrogens is 516 g/mol. The second kappa shape index (κ2) is 15.5. The lowest BCUT2D eigenvalue weighted by molar-refractivity contribution is -0.150. The van der Waals surface area contributed by atoms with Crippen molar-refractivity contribution >= 4 is 17.8 Å². The zero-order chi connectivity index (χ0) is 28.9. The maximum atomic E-state index is 13.5. The number of rotatable bonds is 9. The molecule has 1 heterocycles. The number of ether oxygens (including phenoxy) is 1. The molecule has 0 bridgehead atoms. The van der Waals surface area contributed by atoms with Crippen molar-refractivity contribution in [2.45, 2.75) is 44.2 Å². The lowest BCUT2D eigenvalue weighted by atomic mass is 9.94. The monoisotopic (exact) mass is 554 g/mol. The van der Waals surface area contributed by atoms with E-state index in [1.54, 1.807) is 0 Å². The molecule has 41 heavy (non-hydrogen) atoms. The summed E-state index contributed by atoms with van der Waals surface area (Å²) in [4.78, 5) is 39.6. The van der Waals surface area contributed by atoms with Crippen LogP contribution in [0.4, 0.5) is 0 Å². The van der Waals surface area contributed by atoms with Crippen LogP contribution >= 0.6 is 0 Å². The number of cyclic esters (lactones) is 1. The number of nitrogens with one attached hydrogen (secondary N) is 2. The number of carbonyl (C=O) groups is 3. The Morgan fingerprint density at radius 3 is 2.07 bits per heavy atom. The molecule has 7 nitrogen and oxygen atoms in total. The SMILES string of the molecule is O=C(C[C@H]1CC=CC[C@H](Cc2ccccc2)C(=O)OC[C@H](c2ccccc2)NC1=O)N[C@@H](CO)Cc1ccccc1. The highest BCUT2D eigenvalue weighted by Crippen LogP contribution is 2.22. The minimum absolute atomic E-state index is 0.00777. The molecule has 0 spiro atoms. The van der Waals surface area contributed by atoms with Gasteiger partial charge in [-0.25, -0.2) is 0 Å². The van der Waals surface area contributed by atoms with E-state index >= 15 is 0 Å². The molecule has 1 aliphatic rings. The predicted molar refractivity (Wildman–Crippen MR) is 158 cm³/mol. The van der Waals surface area contributed by atoms with Gasteiger partial charge in [0, 0.05) is 6.42 Å². The fourth-order valence-corrected chi connectivity index (χ4v) is 5.02. The number of aliphatic hydroxyl groups excluding tert-OH is 1. The van der Waals surface area contributed by atoms with Gasteiger partial charge in [-0.3, -0.25) is 14.4 Å². The zero-order valence-electron chi connectivity index (χ0n) is 23.2. The number of amides is 2. The summed E-state index contributed by atoms with van der Waals surface area (Å²) >= 11 is 0. The number of carbonyl (C=O) groups excluding carboxylic acids is 3. The first-order chi connectivity index (χ1) is 20.0. The van der Waals surface area contributed by atoms with E-state index in [0.717, 1.165) is 16.7 Å². The van der Waals surface area contributed by atoms with Crippen LogP contribution in [-0.4, -0.2) is 42.1 Å². The van der Waals surface area contributed by atoms with Crippen LogP contribution in [0.5, 0.6) is 0 Å². The van der Waals surface area contributed by atoms with Crippen LogP contribution in [0.25, 0.3) is 0 Å². The predicted octanol–water partition coefficient (Wildman–Crippen LogP) is 4.32. The normalized spacial score (nSPS) is 20.6. The Morgan fingerprint density at radius 1 is 0.854 bits per heavy atom. The summed E-state index contributed by atoms with van der Waals surface area (Å²) < 4.78 is 5.76. The molecule has 214 valence electrons. The number of allylic oxidation sites excluding steroid dienone is 2. The molecule has 0 aliphatic carbocycles. The molecule has 0 fully saturated rings. The van der Waals surface area contributed by atoms with Crippen molar-refractivity contribution in [2.24, 2.45) is 11.8 Å². The molecule has 0 saturated carbocycles. The molecule has 0 unspecified atom stereocenters. The molecule has 1 aliphatic heterocycles. The van der Waals surface area contributed by atoms with E-state index in [-0.39, 0.29) is 43.3 Å². The summed E-state index contributed by atoms with van der Waals surface area (Å²) in [5, 5.41) is 15.8. The van der Waals surface area contributed by atoms with Crippen LogP contribution in [0.3, 0.4) is 0 Å². The zero-order valence-corrected chi connectivity index (χ0v) is 23.2. The highest BCUT2D eigenvalue weighted by atomic mass is 16.5. The van der Waals surface area contributed by atoms with Crippen LogP contribution < -0.4 is 10.6 Å². The van der Waals surface area contributed by atoms with Crippen LogP contribution in [-0.2, 0) is 32.0 Å². The Bertz CT molecular complexity index is 1280. The van der Waals surface area contributed by atoms with Crippen LogP contribution in [0.15, 0.2) is 103 Å². The number of esters is 1. The average Bonchev–Trinajstić information content (AvgIpc) is 3.00. The maximum absolute atomic E-state index is 13.5. The minimum atomic E-state index is -0.628. The first-order valence-electron chi connectivity index (χ1n) is 14.2. The standard InChI is InChI=1S/C34H38N2O5/c37-23-30(21-26-14-6-2-7-15-26)35-32(38)22-28-18-10-11-19-29(20-25-12-4-1-5-13-25)34(40)41-24-31(36-33(28)39)27-16-8-3-9-17-27/h1-17,28-31,37H,18-24H2,(H,35,38)(H,36,39)/t28-,29-,30-,31-/m1/s1. The smallest absolute Gasteiger partial charge is 0.309 e. The molecular formula is C34H38N2O5. The number of benzene rings is 3. The summed E-state index contributed by atoms with van der Waals surface area (Å²) in [5.41, 5.74) is 2.86. The lowest BCUT2D eigenvalue weighted by Gasteiger charge is -2.25. The van der Waals surface area contributed by atoms with Crippen LogP contribution in [0.1, 0.15) is 42.0 Å². The van der Waals surface area contributed by atoms with E-state index in [1.807, 2.05) is 103 Å². The van der Waals surface area contributed by atoms with Gasteiger partial charge >= 0.3 is 5.97 Å². The molecule has 7 heteroatoms. The second-order valence-corrected chi connectivity index (χ2v) is 10.5. The molecule has 0 aromatic heterocycles. The van der Waals surface area contributed by atoms with Gasteiger partial charge in [0.1, 0.15) is 6.61 Å². The van der Waals surface area contributed by atoms with E-state index < -0.39 is 18.0 Å². The summed E-state index contributed by atoms with van der Waals surface area (Å²) in [6, 6.07) is 27.8. The highest BCUT2D eigenvalue weighted by molar-refractivity contribution is 5.86. The molecule has 3 N–H and O–H groups in total. The van der Waals surface area contributed by atoms with Crippen molar-refractivity contribution in [3.63, 3.8) is 0 Å². The highest BCUT2D eigenvalue weighted by Gasteiger charge is 2.28. The summed E-state index contributed by atoms with van der Waals surface area (Å²) in [6.07, 6.45) is 5.58. The van der Waals surface area contributed by atoms with Crippen molar-refractivity contribution in [2.75, 3.05) is 13.2 Å². The Morgan fingerprint density at radius 2 is 1.44 bits per heavy atom.